The van der Waals surface area contributed by atoms with Crippen LogP contribution < -0.4 is 14.2 Å². The van der Waals surface area contributed by atoms with Gasteiger partial charge in [-0.3, -0.25) is 10.1 Å². The molecule has 0 spiro atoms. The summed E-state index contributed by atoms with van der Waals surface area (Å²) in [5.41, 5.74) is -0.103. The van der Waals surface area contributed by atoms with Crippen molar-refractivity contribution in [3.8, 4) is 17.2 Å². The van der Waals surface area contributed by atoms with E-state index < -0.39 is 4.92 Å². The molecular weight excluding hydrogens is 214 g/mol. The Bertz CT molecular complexity index is 431. The van der Waals surface area contributed by atoms with Gasteiger partial charge in [-0.2, -0.15) is 0 Å². The van der Waals surface area contributed by atoms with Crippen molar-refractivity contribution in [3.05, 3.63) is 29.2 Å². The summed E-state index contributed by atoms with van der Waals surface area (Å²) in [7, 11) is 1.42. The highest BCUT2D eigenvalue weighted by atomic mass is 16.6. The molecule has 1 heterocycles. The summed E-state index contributed by atoms with van der Waals surface area (Å²) in [6.45, 7) is 3.96. The molecule has 0 saturated carbocycles. The fourth-order valence-corrected chi connectivity index (χ4v) is 1.44. The van der Waals surface area contributed by atoms with E-state index in [9.17, 15) is 10.1 Å². The molecule has 1 aliphatic rings. The van der Waals surface area contributed by atoms with Crippen molar-refractivity contribution in [1.29, 1.82) is 0 Å². The van der Waals surface area contributed by atoms with Crippen LogP contribution in [0.2, 0.25) is 0 Å². The van der Waals surface area contributed by atoms with Crippen LogP contribution in [-0.4, -0.2) is 24.7 Å². The zero-order chi connectivity index (χ0) is 11.7. The molecule has 0 N–H and O–H groups in total. The van der Waals surface area contributed by atoms with Crippen molar-refractivity contribution >= 4 is 5.69 Å². The molecule has 1 unspecified atom stereocenters. The SMILES string of the molecule is [CH2]C1COc2c(OC)cc([N+](=O)[O-])cc2O1. The number of hydrogen-bond acceptors (Lipinski definition) is 5. The van der Waals surface area contributed by atoms with E-state index in [1.807, 2.05) is 0 Å². The number of non-ortho nitro benzene ring substituents is 1. The van der Waals surface area contributed by atoms with Gasteiger partial charge in [-0.15, -0.1) is 0 Å². The van der Waals surface area contributed by atoms with Crippen LogP contribution >= 0.6 is 0 Å². The van der Waals surface area contributed by atoms with Gasteiger partial charge < -0.3 is 14.2 Å². The highest BCUT2D eigenvalue weighted by Crippen LogP contribution is 2.43. The van der Waals surface area contributed by atoms with Crippen LogP contribution in [0.1, 0.15) is 0 Å². The van der Waals surface area contributed by atoms with Gasteiger partial charge in [-0.25, -0.2) is 0 Å². The summed E-state index contributed by atoms with van der Waals surface area (Å²) >= 11 is 0. The minimum absolute atomic E-state index is 0.103. The van der Waals surface area contributed by atoms with Crippen LogP contribution in [0.5, 0.6) is 17.2 Å². The number of nitro groups is 1. The molecular formula is C10H10NO5. The second-order valence-electron chi connectivity index (χ2n) is 3.28. The number of rotatable bonds is 2. The largest absolute Gasteiger partial charge is 0.492 e. The smallest absolute Gasteiger partial charge is 0.277 e. The number of nitro benzene ring substituents is 1. The maximum atomic E-state index is 10.7. The predicted octanol–water partition coefficient (Wildman–Crippen LogP) is 1.58. The molecule has 16 heavy (non-hydrogen) atoms. The highest BCUT2D eigenvalue weighted by molar-refractivity contribution is 5.58. The van der Waals surface area contributed by atoms with Crippen molar-refractivity contribution in [2.45, 2.75) is 6.10 Å². The van der Waals surface area contributed by atoms with Crippen LogP contribution in [0, 0.1) is 17.0 Å². The first-order chi connectivity index (χ1) is 7.61. The highest BCUT2D eigenvalue weighted by Gasteiger charge is 2.25. The van der Waals surface area contributed by atoms with E-state index in [0.29, 0.717) is 12.4 Å². The minimum Gasteiger partial charge on any atom is -0.492 e. The lowest BCUT2D eigenvalue weighted by Crippen LogP contribution is -2.26. The molecule has 0 saturated heterocycles. The average Bonchev–Trinajstić information content (AvgIpc) is 2.26. The van der Waals surface area contributed by atoms with Crippen molar-refractivity contribution in [2.75, 3.05) is 13.7 Å². The van der Waals surface area contributed by atoms with E-state index in [-0.39, 0.29) is 23.3 Å². The first kappa shape index (κ1) is 10.5. The van der Waals surface area contributed by atoms with E-state index >= 15 is 0 Å². The molecule has 1 atom stereocenters. The van der Waals surface area contributed by atoms with Gasteiger partial charge in [0.05, 0.1) is 24.2 Å². The normalized spacial score (nSPS) is 18.0. The molecule has 1 aromatic rings. The summed E-state index contributed by atoms with van der Waals surface area (Å²) in [6.07, 6.45) is -0.376. The van der Waals surface area contributed by atoms with Crippen LogP contribution in [0.3, 0.4) is 0 Å². The lowest BCUT2D eigenvalue weighted by molar-refractivity contribution is -0.385. The fourth-order valence-electron chi connectivity index (χ4n) is 1.44. The maximum Gasteiger partial charge on any atom is 0.277 e. The van der Waals surface area contributed by atoms with Crippen molar-refractivity contribution < 1.29 is 19.1 Å². The lowest BCUT2D eigenvalue weighted by atomic mass is 10.2. The Balaban J connectivity index is 2.50. The zero-order valence-corrected chi connectivity index (χ0v) is 8.63. The van der Waals surface area contributed by atoms with Crippen LogP contribution in [0.25, 0.3) is 0 Å². The van der Waals surface area contributed by atoms with Crippen LogP contribution in [0.15, 0.2) is 12.1 Å². The molecule has 2 rings (SSSR count). The standard InChI is InChI=1S/C10H10NO5/c1-6-5-15-10-8(14-2)3-7(11(12)13)4-9(10)16-6/h3-4,6H,1,5H2,2H3. The van der Waals surface area contributed by atoms with E-state index in [4.69, 9.17) is 14.2 Å². The summed E-state index contributed by atoms with van der Waals surface area (Å²) < 4.78 is 15.7. The Morgan fingerprint density at radius 2 is 2.38 bits per heavy atom. The molecule has 0 amide bonds. The van der Waals surface area contributed by atoms with Crippen LogP contribution in [-0.2, 0) is 0 Å². The summed E-state index contributed by atoms with van der Waals surface area (Å²) in [4.78, 5) is 10.2. The number of ether oxygens (including phenoxy) is 3. The third kappa shape index (κ3) is 1.73. The van der Waals surface area contributed by atoms with Crippen molar-refractivity contribution in [1.82, 2.24) is 0 Å². The Hall–Kier alpha value is -1.98. The van der Waals surface area contributed by atoms with Gasteiger partial charge in [-0.1, -0.05) is 0 Å². The summed E-state index contributed by atoms with van der Waals surface area (Å²) in [5, 5.41) is 10.7. The van der Waals surface area contributed by atoms with Gasteiger partial charge in [0.25, 0.3) is 5.69 Å². The number of nitrogens with zero attached hydrogens (tertiary/aromatic N) is 1. The van der Waals surface area contributed by atoms with Crippen molar-refractivity contribution in [2.24, 2.45) is 0 Å². The molecule has 1 radical (unpaired) electrons. The van der Waals surface area contributed by atoms with E-state index in [1.54, 1.807) is 0 Å². The summed E-state index contributed by atoms with van der Waals surface area (Å²) in [5.74, 6) is 0.960. The molecule has 0 aromatic heterocycles. The lowest BCUT2D eigenvalue weighted by Gasteiger charge is -2.24. The third-order valence-corrected chi connectivity index (χ3v) is 2.14. The molecule has 1 aliphatic heterocycles. The molecule has 1 aromatic carbocycles. The van der Waals surface area contributed by atoms with Crippen LogP contribution in [0.4, 0.5) is 5.69 Å². The number of benzene rings is 1. The second kappa shape index (κ2) is 3.88. The molecule has 85 valence electrons. The zero-order valence-electron chi connectivity index (χ0n) is 8.63. The maximum absolute atomic E-state index is 10.7. The Labute approximate surface area is 91.9 Å². The quantitative estimate of drug-likeness (QED) is 0.563. The summed E-state index contributed by atoms with van der Waals surface area (Å²) in [6, 6.07) is 2.60. The molecule has 6 nitrogen and oxygen atoms in total. The first-order valence-electron chi connectivity index (χ1n) is 4.60. The Kier molecular flexibility index (Phi) is 2.55. The Morgan fingerprint density at radius 1 is 1.62 bits per heavy atom. The number of fused-ring (bicyclic) bond motifs is 1. The van der Waals surface area contributed by atoms with E-state index in [1.165, 1.54) is 19.2 Å². The number of methoxy groups -OCH3 is 1. The van der Waals surface area contributed by atoms with Crippen molar-refractivity contribution in [3.63, 3.8) is 0 Å². The van der Waals surface area contributed by atoms with Gasteiger partial charge in [0.2, 0.25) is 5.75 Å². The molecule has 6 heteroatoms. The van der Waals surface area contributed by atoms with E-state index in [0.717, 1.165) is 0 Å². The monoisotopic (exact) mass is 224 g/mol. The van der Waals surface area contributed by atoms with Gasteiger partial charge in [0.1, 0.15) is 12.7 Å². The predicted molar refractivity (Wildman–Crippen MR) is 54.9 cm³/mol. The minimum atomic E-state index is -0.515. The number of hydrogen-bond donors (Lipinski definition) is 0. The second-order valence-corrected chi connectivity index (χ2v) is 3.28. The van der Waals surface area contributed by atoms with Gasteiger partial charge in [0, 0.05) is 0 Å². The Morgan fingerprint density at radius 3 is 3.00 bits per heavy atom. The molecule has 0 bridgehead atoms. The first-order valence-corrected chi connectivity index (χ1v) is 4.60. The fraction of sp³-hybridized carbons (Fsp3) is 0.300. The van der Waals surface area contributed by atoms with Gasteiger partial charge in [0.15, 0.2) is 11.5 Å². The average molecular weight is 224 g/mol. The van der Waals surface area contributed by atoms with E-state index in [2.05, 4.69) is 6.92 Å². The third-order valence-electron chi connectivity index (χ3n) is 2.14. The topological polar surface area (TPSA) is 70.8 Å². The molecule has 0 fully saturated rings. The molecule has 0 aliphatic carbocycles. The van der Waals surface area contributed by atoms with Gasteiger partial charge >= 0.3 is 0 Å². The van der Waals surface area contributed by atoms with Gasteiger partial charge in [-0.05, 0) is 6.92 Å².